The number of carbonyl (C=O) groups excluding carboxylic acids is 1. The van der Waals surface area contributed by atoms with Crippen LogP contribution in [0.3, 0.4) is 0 Å². The van der Waals surface area contributed by atoms with Gasteiger partial charge in [-0.1, -0.05) is 50.6 Å². The molecule has 3 aliphatic rings. The van der Waals surface area contributed by atoms with E-state index in [4.69, 9.17) is 4.74 Å². The van der Waals surface area contributed by atoms with Crippen LogP contribution >= 0.6 is 0 Å². The lowest BCUT2D eigenvalue weighted by molar-refractivity contribution is -0.136. The van der Waals surface area contributed by atoms with Crippen LogP contribution in [0.4, 0.5) is 4.39 Å². The quantitative estimate of drug-likeness (QED) is 0.293. The van der Waals surface area contributed by atoms with Gasteiger partial charge in [0.15, 0.2) is 0 Å². The normalized spacial score (nSPS) is 48.5. The first kappa shape index (κ1) is 22.5. The second-order valence-corrected chi connectivity index (χ2v) is 10.2. The Bertz CT molecular complexity index is 739. The molecule has 3 aliphatic carbocycles. The summed E-state index contributed by atoms with van der Waals surface area (Å²) in [4.78, 5) is 11.3. The summed E-state index contributed by atoms with van der Waals surface area (Å²) < 4.78 is 23.2. The number of hydrogen-bond donors (Lipinski definition) is 0. The molecule has 0 aromatic carbocycles. The first-order valence-electron chi connectivity index (χ1n) is 11.3. The van der Waals surface area contributed by atoms with Gasteiger partial charge in [-0.25, -0.2) is 4.39 Å². The maximum atomic E-state index is 17.1. The molecule has 0 bridgehead atoms. The fourth-order valence-corrected chi connectivity index (χ4v) is 7.64. The van der Waals surface area contributed by atoms with Gasteiger partial charge in [0.25, 0.3) is 0 Å². The van der Waals surface area contributed by atoms with Gasteiger partial charge in [-0.15, -0.1) is 0 Å². The molecule has 0 aliphatic heterocycles. The number of ether oxygens (including phenoxy) is 1. The van der Waals surface area contributed by atoms with Crippen LogP contribution in [0.2, 0.25) is 0 Å². The number of aldehydes is 1. The summed E-state index contributed by atoms with van der Waals surface area (Å²) in [6, 6.07) is 0. The van der Waals surface area contributed by atoms with Crippen molar-refractivity contribution in [3.8, 4) is 0 Å². The van der Waals surface area contributed by atoms with E-state index in [2.05, 4.69) is 27.4 Å². The lowest BCUT2D eigenvalue weighted by Crippen LogP contribution is -2.60. The van der Waals surface area contributed by atoms with E-state index < -0.39 is 11.1 Å². The monoisotopic (exact) mass is 402 g/mol. The second-order valence-electron chi connectivity index (χ2n) is 10.2. The number of carbonyl (C=O) groups is 1. The number of fused-ring (bicyclic) bond motifs is 3. The van der Waals surface area contributed by atoms with Crippen molar-refractivity contribution >= 4 is 6.29 Å². The summed E-state index contributed by atoms with van der Waals surface area (Å²) >= 11 is 0. The maximum Gasteiger partial charge on any atom is 0.142 e. The standard InChI is InChI=1S/C26H39FO2/c1-8-13-23(4)19(12-16-28)10-11-20-21-17-22(29-7)25(6,18(3)9-2)24(21,5)14-15-26(20,23)27/h8,12-13,16,20-22H,3,9-11,14-15,17H2,1-2,4-7H3/b13-8-,19-12-. The molecular weight excluding hydrogens is 363 g/mol. The van der Waals surface area contributed by atoms with E-state index in [1.165, 1.54) is 5.57 Å². The van der Waals surface area contributed by atoms with Crippen LogP contribution in [-0.2, 0) is 9.53 Å². The van der Waals surface area contributed by atoms with Crippen LogP contribution in [0.1, 0.15) is 73.1 Å². The number of hydrogen-bond acceptors (Lipinski definition) is 2. The molecule has 7 atom stereocenters. The SMILES string of the molecule is C=C(CC)C1(C)C(OC)CC2C3CC/C(=C/C=O)C(C)(/C=C\C)C3(F)CCC21C. The fourth-order valence-electron chi connectivity index (χ4n) is 7.64. The molecule has 29 heavy (non-hydrogen) atoms. The molecule has 162 valence electrons. The highest BCUT2D eigenvalue weighted by atomic mass is 19.1. The molecule has 0 amide bonds. The zero-order valence-corrected chi connectivity index (χ0v) is 19.2. The van der Waals surface area contributed by atoms with Gasteiger partial charge in [0.1, 0.15) is 12.0 Å². The highest BCUT2D eigenvalue weighted by Crippen LogP contribution is 2.73. The molecule has 3 rings (SSSR count). The lowest BCUT2D eigenvalue weighted by atomic mass is 9.44. The minimum Gasteiger partial charge on any atom is -0.381 e. The summed E-state index contributed by atoms with van der Waals surface area (Å²) in [7, 11) is 1.80. The minimum absolute atomic E-state index is 0.0241. The molecule has 0 heterocycles. The molecule has 0 saturated heterocycles. The summed E-state index contributed by atoms with van der Waals surface area (Å²) in [5.41, 5.74) is -0.0593. The zero-order chi connectivity index (χ0) is 21.7. The van der Waals surface area contributed by atoms with Crippen molar-refractivity contribution < 1.29 is 13.9 Å². The van der Waals surface area contributed by atoms with Crippen LogP contribution in [0.15, 0.2) is 36.0 Å². The Morgan fingerprint density at radius 1 is 1.28 bits per heavy atom. The fraction of sp³-hybridized carbons (Fsp3) is 0.731. The van der Waals surface area contributed by atoms with E-state index in [1.807, 2.05) is 26.0 Å². The summed E-state index contributed by atoms with van der Waals surface area (Å²) in [5.74, 6) is 0.220. The molecule has 0 aromatic heterocycles. The Labute approximate surface area is 176 Å². The van der Waals surface area contributed by atoms with Crippen molar-refractivity contribution in [2.24, 2.45) is 28.1 Å². The molecule has 7 unspecified atom stereocenters. The van der Waals surface area contributed by atoms with Gasteiger partial charge in [0, 0.05) is 17.9 Å². The highest BCUT2D eigenvalue weighted by molar-refractivity contribution is 5.67. The first-order valence-corrected chi connectivity index (χ1v) is 11.3. The summed E-state index contributed by atoms with van der Waals surface area (Å²) in [6.45, 7) is 15.2. The zero-order valence-electron chi connectivity index (χ0n) is 19.2. The molecule has 0 radical (unpaired) electrons. The van der Waals surface area contributed by atoms with Crippen molar-refractivity contribution in [2.75, 3.05) is 7.11 Å². The lowest BCUT2D eigenvalue weighted by Gasteiger charge is -2.61. The van der Waals surface area contributed by atoms with Gasteiger partial charge in [0.2, 0.25) is 0 Å². The minimum atomic E-state index is -1.34. The Kier molecular flexibility index (Phi) is 5.79. The van der Waals surface area contributed by atoms with E-state index in [0.717, 1.165) is 44.0 Å². The third kappa shape index (κ3) is 2.72. The Morgan fingerprint density at radius 2 is 1.97 bits per heavy atom. The van der Waals surface area contributed by atoms with Crippen LogP contribution in [0.25, 0.3) is 0 Å². The van der Waals surface area contributed by atoms with Crippen LogP contribution in [-0.4, -0.2) is 25.2 Å². The van der Waals surface area contributed by atoms with Crippen LogP contribution in [0, 0.1) is 28.1 Å². The number of methoxy groups -OCH3 is 1. The van der Waals surface area contributed by atoms with Gasteiger partial charge in [-0.05, 0) is 75.7 Å². The molecule has 3 fully saturated rings. The van der Waals surface area contributed by atoms with E-state index in [-0.39, 0.29) is 28.8 Å². The summed E-state index contributed by atoms with van der Waals surface area (Å²) in [5, 5.41) is 0. The highest BCUT2D eigenvalue weighted by Gasteiger charge is 2.71. The molecule has 0 aromatic rings. The van der Waals surface area contributed by atoms with Gasteiger partial charge >= 0.3 is 0 Å². The van der Waals surface area contributed by atoms with Crippen molar-refractivity contribution in [1.29, 1.82) is 0 Å². The van der Waals surface area contributed by atoms with Crippen LogP contribution in [0.5, 0.6) is 0 Å². The number of alkyl halides is 1. The van der Waals surface area contributed by atoms with E-state index >= 15 is 4.39 Å². The second kappa shape index (κ2) is 7.48. The van der Waals surface area contributed by atoms with E-state index in [0.29, 0.717) is 6.42 Å². The van der Waals surface area contributed by atoms with Gasteiger partial charge < -0.3 is 4.74 Å². The third-order valence-corrected chi connectivity index (χ3v) is 9.67. The average Bonchev–Trinajstić information content (AvgIpc) is 2.93. The number of halogens is 1. The third-order valence-electron chi connectivity index (χ3n) is 9.67. The van der Waals surface area contributed by atoms with E-state index in [9.17, 15) is 4.79 Å². The average molecular weight is 403 g/mol. The predicted octanol–water partition coefficient (Wildman–Crippen LogP) is 6.62. The van der Waals surface area contributed by atoms with Crippen molar-refractivity contribution in [3.05, 3.63) is 36.0 Å². The van der Waals surface area contributed by atoms with Crippen molar-refractivity contribution in [1.82, 2.24) is 0 Å². The van der Waals surface area contributed by atoms with Crippen molar-refractivity contribution in [3.63, 3.8) is 0 Å². The van der Waals surface area contributed by atoms with Gasteiger partial charge in [-0.3, -0.25) is 4.79 Å². The van der Waals surface area contributed by atoms with E-state index in [1.54, 1.807) is 13.2 Å². The van der Waals surface area contributed by atoms with Crippen LogP contribution < -0.4 is 0 Å². The maximum absolute atomic E-state index is 17.1. The Morgan fingerprint density at radius 3 is 2.52 bits per heavy atom. The molecule has 0 N–H and O–H groups in total. The number of rotatable bonds is 5. The smallest absolute Gasteiger partial charge is 0.142 e. The molecule has 3 saturated carbocycles. The topological polar surface area (TPSA) is 26.3 Å². The van der Waals surface area contributed by atoms with Crippen molar-refractivity contribution in [2.45, 2.75) is 84.9 Å². The molecule has 2 nitrogen and oxygen atoms in total. The predicted molar refractivity (Wildman–Crippen MR) is 117 cm³/mol. The molecule has 0 spiro atoms. The Balaban J connectivity index is 2.12. The summed E-state index contributed by atoms with van der Waals surface area (Å²) in [6.07, 6.45) is 11.2. The Hall–Kier alpha value is -1.22. The first-order chi connectivity index (χ1) is 13.6. The number of allylic oxidation sites excluding steroid dienone is 4. The van der Waals surface area contributed by atoms with Gasteiger partial charge in [0.05, 0.1) is 6.10 Å². The molecule has 3 heteroatoms. The van der Waals surface area contributed by atoms with Gasteiger partial charge in [-0.2, -0.15) is 0 Å². The largest absolute Gasteiger partial charge is 0.381 e. The molecular formula is C26H39FO2.